The number of aliphatic hydroxyl groups excluding tert-OH is 1. The molecule has 1 unspecified atom stereocenters. The molecular formula is C17H22N2O2. The molecule has 1 aromatic carbocycles. The van der Waals surface area contributed by atoms with Gasteiger partial charge in [0.1, 0.15) is 6.61 Å². The van der Waals surface area contributed by atoms with Crippen molar-refractivity contribution in [2.24, 2.45) is 0 Å². The van der Waals surface area contributed by atoms with Crippen molar-refractivity contribution in [1.29, 1.82) is 0 Å². The normalized spacial score (nSPS) is 19.0. The van der Waals surface area contributed by atoms with Gasteiger partial charge in [-0.25, -0.2) is 0 Å². The van der Waals surface area contributed by atoms with Crippen LogP contribution in [0.3, 0.4) is 0 Å². The van der Waals surface area contributed by atoms with E-state index in [2.05, 4.69) is 30.7 Å². The highest BCUT2D eigenvalue weighted by atomic mass is 16.2. The summed E-state index contributed by atoms with van der Waals surface area (Å²) in [6.07, 6.45) is 0. The molecule has 1 saturated heterocycles. The Labute approximate surface area is 126 Å². The lowest BCUT2D eigenvalue weighted by molar-refractivity contribution is 0.0533. The number of amides is 1. The molecule has 1 aliphatic heterocycles. The van der Waals surface area contributed by atoms with Crippen molar-refractivity contribution in [1.82, 2.24) is 9.80 Å². The maximum absolute atomic E-state index is 12.6. The molecule has 1 N–H and O–H groups in total. The third-order valence-electron chi connectivity index (χ3n) is 3.87. The molecule has 21 heavy (non-hydrogen) atoms. The van der Waals surface area contributed by atoms with Crippen LogP contribution in [-0.2, 0) is 0 Å². The number of hydrogen-bond acceptors (Lipinski definition) is 3. The van der Waals surface area contributed by atoms with Crippen LogP contribution in [-0.4, -0.2) is 60.1 Å². The molecule has 4 nitrogen and oxygen atoms in total. The molecule has 112 valence electrons. The molecule has 1 amide bonds. The summed E-state index contributed by atoms with van der Waals surface area (Å²) >= 11 is 0. The Kier molecular flexibility index (Phi) is 5.00. The molecule has 1 fully saturated rings. The van der Waals surface area contributed by atoms with E-state index in [1.54, 1.807) is 0 Å². The third-order valence-corrected chi connectivity index (χ3v) is 3.87. The summed E-state index contributed by atoms with van der Waals surface area (Å²) in [4.78, 5) is 16.8. The molecule has 1 atom stereocenters. The number of carbonyl (C=O) groups excluding carboxylic acids is 1. The standard InChI is InChI=1S/C17H22N2O2/c1-13-11-16(7-6-15(13)5-4-10-20)17(21)19-9-8-18(3)12-14(19)2/h6-7,11,14,20H,8-10,12H2,1-3H3. The Hall–Kier alpha value is -1.83. The average Bonchev–Trinajstić information content (AvgIpc) is 2.45. The Balaban J connectivity index is 2.18. The van der Waals surface area contributed by atoms with Crippen molar-refractivity contribution < 1.29 is 9.90 Å². The number of benzene rings is 1. The van der Waals surface area contributed by atoms with Crippen LogP contribution < -0.4 is 0 Å². The number of aliphatic hydroxyl groups is 1. The van der Waals surface area contributed by atoms with E-state index in [9.17, 15) is 4.79 Å². The van der Waals surface area contributed by atoms with E-state index < -0.39 is 0 Å². The lowest BCUT2D eigenvalue weighted by Crippen LogP contribution is -2.52. The molecule has 0 aliphatic carbocycles. The van der Waals surface area contributed by atoms with Crippen molar-refractivity contribution in [3.63, 3.8) is 0 Å². The summed E-state index contributed by atoms with van der Waals surface area (Å²) < 4.78 is 0. The maximum Gasteiger partial charge on any atom is 0.254 e. The first-order valence-corrected chi connectivity index (χ1v) is 7.23. The molecule has 2 rings (SSSR count). The number of rotatable bonds is 1. The summed E-state index contributed by atoms with van der Waals surface area (Å²) in [5, 5.41) is 8.74. The van der Waals surface area contributed by atoms with Gasteiger partial charge in [-0.15, -0.1) is 0 Å². The fraction of sp³-hybridized carbons (Fsp3) is 0.471. The summed E-state index contributed by atoms with van der Waals surface area (Å²) in [6.45, 7) is 6.45. The molecule has 0 radical (unpaired) electrons. The van der Waals surface area contributed by atoms with E-state index in [4.69, 9.17) is 5.11 Å². The molecule has 4 heteroatoms. The van der Waals surface area contributed by atoms with Gasteiger partial charge < -0.3 is 14.9 Å². The third kappa shape index (κ3) is 3.63. The molecule has 0 aromatic heterocycles. The van der Waals surface area contributed by atoms with Crippen LogP contribution in [0, 0.1) is 18.8 Å². The Morgan fingerprint density at radius 2 is 2.19 bits per heavy atom. The van der Waals surface area contributed by atoms with Gasteiger partial charge in [-0.1, -0.05) is 11.8 Å². The largest absolute Gasteiger partial charge is 0.384 e. The van der Waals surface area contributed by atoms with Crippen molar-refractivity contribution in [3.05, 3.63) is 34.9 Å². The number of likely N-dealkylation sites (N-methyl/N-ethyl adjacent to an activating group) is 1. The molecule has 1 aliphatic rings. The van der Waals surface area contributed by atoms with Crippen molar-refractivity contribution >= 4 is 5.91 Å². The lowest BCUT2D eigenvalue weighted by Gasteiger charge is -2.38. The minimum atomic E-state index is -0.154. The van der Waals surface area contributed by atoms with E-state index >= 15 is 0 Å². The van der Waals surface area contributed by atoms with Gasteiger partial charge in [0, 0.05) is 36.8 Å². The van der Waals surface area contributed by atoms with Crippen LogP contribution in [0.15, 0.2) is 18.2 Å². The van der Waals surface area contributed by atoms with Gasteiger partial charge >= 0.3 is 0 Å². The molecular weight excluding hydrogens is 264 g/mol. The first-order valence-electron chi connectivity index (χ1n) is 7.23. The number of nitrogens with zero attached hydrogens (tertiary/aromatic N) is 2. The zero-order chi connectivity index (χ0) is 15.4. The molecule has 0 bridgehead atoms. The molecule has 0 spiro atoms. The van der Waals surface area contributed by atoms with E-state index in [0.717, 1.165) is 30.8 Å². The SMILES string of the molecule is Cc1cc(C(=O)N2CCN(C)CC2C)ccc1C#CCO. The van der Waals surface area contributed by atoms with Gasteiger partial charge in [-0.3, -0.25) is 4.79 Å². The van der Waals surface area contributed by atoms with Gasteiger partial charge in [-0.05, 0) is 44.7 Å². The van der Waals surface area contributed by atoms with Gasteiger partial charge in [0.25, 0.3) is 5.91 Å². The second-order valence-electron chi connectivity index (χ2n) is 5.60. The molecule has 1 heterocycles. The molecule has 1 aromatic rings. The number of aryl methyl sites for hydroxylation is 1. The van der Waals surface area contributed by atoms with Crippen LogP contribution >= 0.6 is 0 Å². The zero-order valence-electron chi connectivity index (χ0n) is 12.9. The minimum Gasteiger partial charge on any atom is -0.384 e. The zero-order valence-corrected chi connectivity index (χ0v) is 12.9. The topological polar surface area (TPSA) is 43.8 Å². The van der Waals surface area contributed by atoms with Crippen molar-refractivity contribution in [2.75, 3.05) is 33.3 Å². The predicted molar refractivity (Wildman–Crippen MR) is 83.1 cm³/mol. The first kappa shape index (κ1) is 15.6. The van der Waals surface area contributed by atoms with E-state index in [-0.39, 0.29) is 18.6 Å². The fourth-order valence-corrected chi connectivity index (χ4v) is 2.68. The summed E-state index contributed by atoms with van der Waals surface area (Å²) in [5.74, 6) is 5.61. The summed E-state index contributed by atoms with van der Waals surface area (Å²) in [6, 6.07) is 5.79. The highest BCUT2D eigenvalue weighted by molar-refractivity contribution is 5.95. The van der Waals surface area contributed by atoms with Crippen LogP contribution in [0.1, 0.15) is 28.4 Å². The Bertz CT molecular complexity index is 586. The van der Waals surface area contributed by atoms with Gasteiger partial charge in [-0.2, -0.15) is 0 Å². The summed E-state index contributed by atoms with van der Waals surface area (Å²) in [7, 11) is 2.08. The Morgan fingerprint density at radius 3 is 2.81 bits per heavy atom. The first-order chi connectivity index (χ1) is 10.0. The molecule has 0 saturated carbocycles. The van der Waals surface area contributed by atoms with Gasteiger partial charge in [0.05, 0.1) is 0 Å². The van der Waals surface area contributed by atoms with E-state index in [1.165, 1.54) is 0 Å². The van der Waals surface area contributed by atoms with Crippen LogP contribution in [0.2, 0.25) is 0 Å². The number of hydrogen-bond donors (Lipinski definition) is 1. The highest BCUT2D eigenvalue weighted by Crippen LogP contribution is 2.16. The Morgan fingerprint density at radius 1 is 1.43 bits per heavy atom. The number of piperazine rings is 1. The fourth-order valence-electron chi connectivity index (χ4n) is 2.68. The van der Waals surface area contributed by atoms with Crippen molar-refractivity contribution in [3.8, 4) is 11.8 Å². The highest BCUT2D eigenvalue weighted by Gasteiger charge is 2.26. The van der Waals surface area contributed by atoms with Gasteiger partial charge in [0.2, 0.25) is 0 Å². The van der Waals surface area contributed by atoms with E-state index in [0.29, 0.717) is 5.56 Å². The van der Waals surface area contributed by atoms with Crippen molar-refractivity contribution in [2.45, 2.75) is 19.9 Å². The minimum absolute atomic E-state index is 0.0837. The van der Waals surface area contributed by atoms with Crippen LogP contribution in [0.4, 0.5) is 0 Å². The maximum atomic E-state index is 12.6. The number of carbonyl (C=O) groups is 1. The van der Waals surface area contributed by atoms with Gasteiger partial charge in [0.15, 0.2) is 0 Å². The predicted octanol–water partition coefficient (Wildman–Crippen LogP) is 1.11. The van der Waals surface area contributed by atoms with E-state index in [1.807, 2.05) is 30.0 Å². The quantitative estimate of drug-likeness (QED) is 0.787. The second kappa shape index (κ2) is 6.75. The smallest absolute Gasteiger partial charge is 0.254 e. The summed E-state index contributed by atoms with van der Waals surface area (Å²) in [5.41, 5.74) is 2.52. The van der Waals surface area contributed by atoms with Crippen LogP contribution in [0.5, 0.6) is 0 Å². The monoisotopic (exact) mass is 286 g/mol. The van der Waals surface area contributed by atoms with Crippen LogP contribution in [0.25, 0.3) is 0 Å². The second-order valence-corrected chi connectivity index (χ2v) is 5.60. The average molecular weight is 286 g/mol. The lowest BCUT2D eigenvalue weighted by atomic mass is 10.0.